The Labute approximate surface area is 139 Å². The van der Waals surface area contributed by atoms with Gasteiger partial charge >= 0.3 is 5.97 Å². The van der Waals surface area contributed by atoms with Gasteiger partial charge in [-0.1, -0.05) is 36.4 Å². The van der Waals surface area contributed by atoms with Crippen molar-refractivity contribution in [1.82, 2.24) is 0 Å². The number of fused-ring (bicyclic) bond motifs is 1. The van der Waals surface area contributed by atoms with Gasteiger partial charge in [-0.05, 0) is 37.5 Å². The summed E-state index contributed by atoms with van der Waals surface area (Å²) in [6.07, 6.45) is 0.709. The normalized spacial score (nSPS) is 10.9. The van der Waals surface area contributed by atoms with Gasteiger partial charge in [-0.15, -0.1) is 11.3 Å². The molecule has 3 aromatic rings. The molecule has 4 heteroatoms. The number of esters is 1. The van der Waals surface area contributed by atoms with Crippen molar-refractivity contribution in [3.05, 3.63) is 64.0 Å². The zero-order valence-corrected chi connectivity index (χ0v) is 13.9. The van der Waals surface area contributed by atoms with E-state index in [1.165, 1.54) is 11.3 Å². The number of phenols is 1. The maximum Gasteiger partial charge on any atom is 0.339 e. The fourth-order valence-electron chi connectivity index (χ4n) is 2.78. The molecule has 3 nitrogen and oxygen atoms in total. The Balaban J connectivity index is 2.18. The largest absolute Gasteiger partial charge is 0.506 e. The van der Waals surface area contributed by atoms with Gasteiger partial charge in [-0.25, -0.2) is 4.79 Å². The summed E-state index contributed by atoms with van der Waals surface area (Å²) in [5.74, 6) is -0.114. The van der Waals surface area contributed by atoms with Crippen molar-refractivity contribution in [3.8, 4) is 5.75 Å². The van der Waals surface area contributed by atoms with Crippen LogP contribution in [0.25, 0.3) is 10.1 Å². The summed E-state index contributed by atoms with van der Waals surface area (Å²) in [6, 6.07) is 13.7. The minimum atomic E-state index is -0.323. The van der Waals surface area contributed by atoms with E-state index in [1.54, 1.807) is 13.0 Å². The van der Waals surface area contributed by atoms with Gasteiger partial charge in [0, 0.05) is 10.3 Å². The summed E-state index contributed by atoms with van der Waals surface area (Å²) in [5, 5.41) is 11.0. The summed E-state index contributed by atoms with van der Waals surface area (Å²) in [4.78, 5) is 13.2. The third-order valence-electron chi connectivity index (χ3n) is 3.80. The molecule has 1 aromatic heterocycles. The zero-order chi connectivity index (χ0) is 16.4. The maximum atomic E-state index is 12.4. The molecule has 3 rings (SSSR count). The molecule has 0 aliphatic heterocycles. The molecule has 0 bridgehead atoms. The van der Waals surface area contributed by atoms with Crippen LogP contribution < -0.4 is 0 Å². The van der Waals surface area contributed by atoms with E-state index >= 15 is 0 Å². The first-order valence-corrected chi connectivity index (χ1v) is 8.38. The second-order valence-electron chi connectivity index (χ2n) is 5.36. The Hall–Kier alpha value is -2.33. The molecular weight excluding hydrogens is 308 g/mol. The van der Waals surface area contributed by atoms with Crippen molar-refractivity contribution in [3.63, 3.8) is 0 Å². The van der Waals surface area contributed by atoms with Crippen LogP contribution in [0.15, 0.2) is 42.5 Å². The third-order valence-corrected chi connectivity index (χ3v) is 4.93. The Bertz CT molecular complexity index is 850. The lowest BCUT2D eigenvalue weighted by Crippen LogP contribution is -2.06. The Kier molecular flexibility index (Phi) is 4.35. The topological polar surface area (TPSA) is 46.5 Å². The first kappa shape index (κ1) is 15.6. The molecule has 1 heterocycles. The average molecular weight is 326 g/mol. The summed E-state index contributed by atoms with van der Waals surface area (Å²) in [6.45, 7) is 4.02. The van der Waals surface area contributed by atoms with Crippen LogP contribution in [0, 0.1) is 6.92 Å². The van der Waals surface area contributed by atoms with E-state index in [4.69, 9.17) is 4.74 Å². The zero-order valence-electron chi connectivity index (χ0n) is 13.1. The second-order valence-corrected chi connectivity index (χ2v) is 6.59. The number of hydrogen-bond acceptors (Lipinski definition) is 4. The van der Waals surface area contributed by atoms with Crippen LogP contribution in [0.1, 0.15) is 33.3 Å². The van der Waals surface area contributed by atoms with Gasteiger partial charge in [0.1, 0.15) is 5.75 Å². The van der Waals surface area contributed by atoms with E-state index < -0.39 is 0 Å². The Morgan fingerprint density at radius 2 is 1.91 bits per heavy atom. The van der Waals surface area contributed by atoms with Crippen molar-refractivity contribution >= 4 is 27.4 Å². The van der Waals surface area contributed by atoms with Gasteiger partial charge in [-0.2, -0.15) is 0 Å². The quantitative estimate of drug-likeness (QED) is 0.708. The molecule has 0 saturated heterocycles. The van der Waals surface area contributed by atoms with E-state index in [0.717, 1.165) is 26.1 Å². The molecule has 118 valence electrons. The van der Waals surface area contributed by atoms with Gasteiger partial charge in [0.05, 0.1) is 16.9 Å². The predicted molar refractivity (Wildman–Crippen MR) is 93.4 cm³/mol. The molecule has 0 radical (unpaired) electrons. The van der Waals surface area contributed by atoms with E-state index in [1.807, 2.05) is 31.2 Å². The van der Waals surface area contributed by atoms with Gasteiger partial charge in [0.2, 0.25) is 0 Å². The summed E-state index contributed by atoms with van der Waals surface area (Å²) in [5.41, 5.74) is 2.77. The van der Waals surface area contributed by atoms with E-state index in [0.29, 0.717) is 18.6 Å². The number of aromatic hydroxyl groups is 1. The fourth-order valence-corrected chi connectivity index (χ4v) is 3.88. The average Bonchev–Trinajstić information content (AvgIpc) is 2.90. The standard InChI is InChI=1S/C19H18O3S/c1-3-22-19(21)16-12(2)23-18-15(20)10-9-14(17(16)18)11-13-7-5-4-6-8-13/h4-10,20H,3,11H2,1-2H3. The SMILES string of the molecule is CCOC(=O)c1c(C)sc2c(O)ccc(Cc3ccccc3)c12. The van der Waals surface area contributed by atoms with E-state index in [9.17, 15) is 9.90 Å². The van der Waals surface area contributed by atoms with Gasteiger partial charge in [-0.3, -0.25) is 0 Å². The predicted octanol–water partition coefficient (Wildman–Crippen LogP) is 4.68. The molecule has 0 amide bonds. The number of carbonyl (C=O) groups is 1. The highest BCUT2D eigenvalue weighted by molar-refractivity contribution is 7.19. The van der Waals surface area contributed by atoms with Crippen molar-refractivity contribution in [2.75, 3.05) is 6.61 Å². The smallest absolute Gasteiger partial charge is 0.339 e. The lowest BCUT2D eigenvalue weighted by atomic mass is 9.98. The lowest BCUT2D eigenvalue weighted by Gasteiger charge is -2.08. The van der Waals surface area contributed by atoms with Crippen LogP contribution in [0.5, 0.6) is 5.75 Å². The van der Waals surface area contributed by atoms with Crippen molar-refractivity contribution in [1.29, 1.82) is 0 Å². The third kappa shape index (κ3) is 2.94. The number of ether oxygens (including phenoxy) is 1. The highest BCUT2D eigenvalue weighted by Gasteiger charge is 2.22. The number of hydrogen-bond donors (Lipinski definition) is 1. The monoisotopic (exact) mass is 326 g/mol. The van der Waals surface area contributed by atoms with Gasteiger partial charge < -0.3 is 9.84 Å². The molecule has 0 aliphatic carbocycles. The van der Waals surface area contributed by atoms with E-state index in [-0.39, 0.29) is 11.7 Å². The van der Waals surface area contributed by atoms with E-state index in [2.05, 4.69) is 12.1 Å². The summed E-state index contributed by atoms with van der Waals surface area (Å²) in [7, 11) is 0. The molecule has 0 spiro atoms. The highest BCUT2D eigenvalue weighted by Crippen LogP contribution is 2.39. The number of phenolic OH excluding ortho intramolecular Hbond substituents is 1. The highest BCUT2D eigenvalue weighted by atomic mass is 32.1. The van der Waals surface area contributed by atoms with Crippen LogP contribution in [0.4, 0.5) is 0 Å². The Morgan fingerprint density at radius 3 is 2.61 bits per heavy atom. The Morgan fingerprint density at radius 1 is 1.17 bits per heavy atom. The first-order valence-electron chi connectivity index (χ1n) is 7.56. The van der Waals surface area contributed by atoms with Crippen LogP contribution in [-0.2, 0) is 11.2 Å². The number of rotatable bonds is 4. The number of thiophene rings is 1. The summed E-state index contributed by atoms with van der Waals surface area (Å²) >= 11 is 1.43. The molecule has 0 fully saturated rings. The second kappa shape index (κ2) is 6.42. The van der Waals surface area contributed by atoms with Crippen LogP contribution in [0.2, 0.25) is 0 Å². The molecule has 23 heavy (non-hydrogen) atoms. The summed E-state index contributed by atoms with van der Waals surface area (Å²) < 4.78 is 5.96. The molecule has 0 saturated carbocycles. The van der Waals surface area contributed by atoms with Crippen molar-refractivity contribution < 1.29 is 14.6 Å². The van der Waals surface area contributed by atoms with Crippen LogP contribution >= 0.6 is 11.3 Å². The van der Waals surface area contributed by atoms with Crippen LogP contribution in [0.3, 0.4) is 0 Å². The minimum Gasteiger partial charge on any atom is -0.506 e. The molecule has 0 atom stereocenters. The number of benzene rings is 2. The van der Waals surface area contributed by atoms with Crippen molar-refractivity contribution in [2.24, 2.45) is 0 Å². The first-order chi connectivity index (χ1) is 11.1. The maximum absolute atomic E-state index is 12.4. The molecule has 2 aromatic carbocycles. The molecule has 1 N–H and O–H groups in total. The minimum absolute atomic E-state index is 0.209. The lowest BCUT2D eigenvalue weighted by molar-refractivity contribution is 0.0528. The fraction of sp³-hybridized carbons (Fsp3) is 0.211. The molecular formula is C19H18O3S. The van der Waals surface area contributed by atoms with Crippen molar-refractivity contribution in [2.45, 2.75) is 20.3 Å². The number of carbonyl (C=O) groups excluding carboxylic acids is 1. The molecule has 0 aliphatic rings. The van der Waals surface area contributed by atoms with Gasteiger partial charge in [0.25, 0.3) is 0 Å². The van der Waals surface area contributed by atoms with Crippen LogP contribution in [-0.4, -0.2) is 17.7 Å². The molecule has 0 unspecified atom stereocenters. The van der Waals surface area contributed by atoms with Gasteiger partial charge in [0.15, 0.2) is 0 Å². The number of aryl methyl sites for hydroxylation is 1.